The van der Waals surface area contributed by atoms with Gasteiger partial charge in [0.15, 0.2) is 0 Å². The fourth-order valence-electron chi connectivity index (χ4n) is 1.19. The minimum absolute atomic E-state index is 0.0672. The number of benzene rings is 1. The molecule has 0 bridgehead atoms. The summed E-state index contributed by atoms with van der Waals surface area (Å²) < 4.78 is 17.3. The average molecular weight is 211 g/mol. The van der Waals surface area contributed by atoms with E-state index in [-0.39, 0.29) is 18.3 Å². The molecule has 0 aliphatic rings. The zero-order valence-corrected chi connectivity index (χ0v) is 8.87. The van der Waals surface area contributed by atoms with E-state index >= 15 is 0 Å². The molecule has 0 spiro atoms. The lowest BCUT2D eigenvalue weighted by atomic mass is 10.2. The van der Waals surface area contributed by atoms with Gasteiger partial charge in [0.25, 0.3) is 0 Å². The Kier molecular flexibility index (Phi) is 4.24. The molecule has 0 radical (unpaired) electrons. The summed E-state index contributed by atoms with van der Waals surface area (Å²) >= 11 is 0. The van der Waals surface area contributed by atoms with Gasteiger partial charge in [-0.1, -0.05) is 12.1 Å². The molecule has 1 rings (SSSR count). The van der Waals surface area contributed by atoms with E-state index < -0.39 is 0 Å². The number of nitrogens with zero attached hydrogens (tertiary/aromatic N) is 1. The van der Waals surface area contributed by atoms with E-state index in [0.717, 1.165) is 5.56 Å². The van der Waals surface area contributed by atoms with Gasteiger partial charge in [-0.3, -0.25) is 4.79 Å². The molecule has 0 aromatic heterocycles. The van der Waals surface area contributed by atoms with Crippen LogP contribution in [0.2, 0.25) is 0 Å². The van der Waals surface area contributed by atoms with Crippen LogP contribution in [0.3, 0.4) is 0 Å². The topological polar surface area (TPSA) is 29.5 Å². The van der Waals surface area contributed by atoms with Crippen LogP contribution in [0, 0.1) is 5.82 Å². The highest BCUT2D eigenvalue weighted by Gasteiger charge is 2.08. The Morgan fingerprint density at radius 2 is 2.00 bits per heavy atom. The van der Waals surface area contributed by atoms with E-state index in [0.29, 0.717) is 6.54 Å². The number of likely N-dealkylation sites (N-methyl/N-ethyl adjacent to an activating group) is 1. The molecule has 0 aliphatic heterocycles. The molecule has 0 atom stereocenters. The molecule has 0 saturated carbocycles. The summed E-state index contributed by atoms with van der Waals surface area (Å²) in [5.74, 6) is -0.369. The van der Waals surface area contributed by atoms with Crippen molar-refractivity contribution in [1.29, 1.82) is 0 Å². The lowest BCUT2D eigenvalue weighted by Crippen LogP contribution is -2.29. The Morgan fingerprint density at radius 1 is 1.40 bits per heavy atom. The summed E-state index contributed by atoms with van der Waals surface area (Å²) in [4.78, 5) is 12.9. The number of halogens is 1. The van der Waals surface area contributed by atoms with Crippen molar-refractivity contribution >= 4 is 5.91 Å². The largest absolute Gasteiger partial charge is 0.375 e. The average Bonchev–Trinajstić information content (AvgIpc) is 2.22. The van der Waals surface area contributed by atoms with Crippen LogP contribution in [0.5, 0.6) is 0 Å². The van der Waals surface area contributed by atoms with Gasteiger partial charge in [-0.25, -0.2) is 4.39 Å². The molecule has 0 aliphatic carbocycles. The smallest absolute Gasteiger partial charge is 0.248 e. The first-order valence-electron chi connectivity index (χ1n) is 4.61. The minimum atomic E-state index is -0.273. The summed E-state index contributed by atoms with van der Waals surface area (Å²) in [6, 6.07) is 6.08. The van der Waals surface area contributed by atoms with Gasteiger partial charge in [0.1, 0.15) is 12.4 Å². The molecule has 0 N–H and O–H groups in total. The third-order valence-electron chi connectivity index (χ3n) is 2.03. The molecule has 3 nitrogen and oxygen atoms in total. The SMILES string of the molecule is COCC(=O)N(C)Cc1ccc(F)cc1. The lowest BCUT2D eigenvalue weighted by molar-refractivity contribution is -0.134. The van der Waals surface area contributed by atoms with Gasteiger partial charge < -0.3 is 9.64 Å². The number of methoxy groups -OCH3 is 1. The third-order valence-corrected chi connectivity index (χ3v) is 2.03. The molecule has 1 amide bonds. The predicted molar refractivity (Wildman–Crippen MR) is 54.8 cm³/mol. The van der Waals surface area contributed by atoms with E-state index in [1.165, 1.54) is 24.1 Å². The Morgan fingerprint density at radius 3 is 2.53 bits per heavy atom. The highest BCUT2D eigenvalue weighted by molar-refractivity contribution is 5.77. The van der Waals surface area contributed by atoms with Gasteiger partial charge >= 0.3 is 0 Å². The van der Waals surface area contributed by atoms with Crippen molar-refractivity contribution in [3.8, 4) is 0 Å². The molecule has 15 heavy (non-hydrogen) atoms. The van der Waals surface area contributed by atoms with E-state index in [4.69, 9.17) is 4.74 Å². The second-order valence-electron chi connectivity index (χ2n) is 3.31. The van der Waals surface area contributed by atoms with Crippen LogP contribution in [0.25, 0.3) is 0 Å². The molecule has 82 valence electrons. The second-order valence-corrected chi connectivity index (χ2v) is 3.31. The summed E-state index contributed by atoms with van der Waals surface area (Å²) in [6.45, 7) is 0.528. The van der Waals surface area contributed by atoms with Crippen LogP contribution < -0.4 is 0 Å². The number of rotatable bonds is 4. The van der Waals surface area contributed by atoms with Gasteiger partial charge in [-0.15, -0.1) is 0 Å². The Balaban J connectivity index is 2.54. The first kappa shape index (κ1) is 11.7. The molecule has 0 saturated heterocycles. The van der Waals surface area contributed by atoms with Crippen molar-refractivity contribution in [3.63, 3.8) is 0 Å². The highest BCUT2D eigenvalue weighted by Crippen LogP contribution is 2.05. The summed E-state index contributed by atoms with van der Waals surface area (Å²) in [7, 11) is 3.16. The van der Waals surface area contributed by atoms with Gasteiger partial charge in [-0.05, 0) is 17.7 Å². The molecule has 1 aromatic carbocycles. The molecule has 0 heterocycles. The maximum atomic E-state index is 12.6. The molecule has 0 unspecified atom stereocenters. The van der Waals surface area contributed by atoms with Crippen LogP contribution >= 0.6 is 0 Å². The van der Waals surface area contributed by atoms with E-state index in [2.05, 4.69) is 0 Å². The number of carbonyl (C=O) groups excluding carboxylic acids is 1. The zero-order valence-electron chi connectivity index (χ0n) is 8.87. The van der Waals surface area contributed by atoms with Gasteiger partial charge in [0, 0.05) is 20.7 Å². The molecular formula is C11H14FNO2. The van der Waals surface area contributed by atoms with Crippen LogP contribution in [-0.4, -0.2) is 31.6 Å². The van der Waals surface area contributed by atoms with Crippen molar-refractivity contribution in [1.82, 2.24) is 4.90 Å². The molecule has 4 heteroatoms. The van der Waals surface area contributed by atoms with Crippen LogP contribution in [0.4, 0.5) is 4.39 Å². The van der Waals surface area contributed by atoms with E-state index in [1.807, 2.05) is 0 Å². The fourth-order valence-corrected chi connectivity index (χ4v) is 1.19. The summed E-state index contributed by atoms with van der Waals surface area (Å²) in [6.07, 6.45) is 0. The van der Waals surface area contributed by atoms with Crippen molar-refractivity contribution in [3.05, 3.63) is 35.6 Å². The highest BCUT2D eigenvalue weighted by atomic mass is 19.1. The van der Waals surface area contributed by atoms with Gasteiger partial charge in [0.05, 0.1) is 0 Å². The minimum Gasteiger partial charge on any atom is -0.375 e. The van der Waals surface area contributed by atoms with E-state index in [1.54, 1.807) is 19.2 Å². The first-order valence-corrected chi connectivity index (χ1v) is 4.61. The van der Waals surface area contributed by atoms with Gasteiger partial charge in [-0.2, -0.15) is 0 Å². The normalized spacial score (nSPS) is 10.1. The standard InChI is InChI=1S/C11H14FNO2/c1-13(11(14)8-15-2)7-9-3-5-10(12)6-4-9/h3-6H,7-8H2,1-2H3. The summed E-state index contributed by atoms with van der Waals surface area (Å²) in [5.41, 5.74) is 0.892. The van der Waals surface area contributed by atoms with Crippen LogP contribution in [0.1, 0.15) is 5.56 Å². The molecule has 0 fully saturated rings. The second kappa shape index (κ2) is 5.46. The third kappa shape index (κ3) is 3.67. The maximum Gasteiger partial charge on any atom is 0.248 e. The first-order chi connectivity index (χ1) is 7.13. The van der Waals surface area contributed by atoms with Crippen molar-refractivity contribution < 1.29 is 13.9 Å². The Bertz CT molecular complexity index is 324. The fraction of sp³-hybridized carbons (Fsp3) is 0.364. The van der Waals surface area contributed by atoms with Crippen LogP contribution in [0.15, 0.2) is 24.3 Å². The van der Waals surface area contributed by atoms with E-state index in [9.17, 15) is 9.18 Å². The van der Waals surface area contributed by atoms with Crippen molar-refractivity contribution in [2.45, 2.75) is 6.54 Å². The van der Waals surface area contributed by atoms with Gasteiger partial charge in [0.2, 0.25) is 5.91 Å². The molecule has 1 aromatic rings. The van der Waals surface area contributed by atoms with Crippen molar-refractivity contribution in [2.75, 3.05) is 20.8 Å². The Labute approximate surface area is 88.5 Å². The molecular weight excluding hydrogens is 197 g/mol. The zero-order chi connectivity index (χ0) is 11.3. The quantitative estimate of drug-likeness (QED) is 0.754. The van der Waals surface area contributed by atoms with Crippen molar-refractivity contribution in [2.24, 2.45) is 0 Å². The number of hydrogen-bond donors (Lipinski definition) is 0. The van der Waals surface area contributed by atoms with Crippen LogP contribution in [-0.2, 0) is 16.1 Å². The monoisotopic (exact) mass is 211 g/mol. The number of hydrogen-bond acceptors (Lipinski definition) is 2. The predicted octanol–water partition coefficient (Wildman–Crippen LogP) is 1.43. The lowest BCUT2D eigenvalue weighted by Gasteiger charge is -2.16. The number of carbonyl (C=O) groups is 1. The number of ether oxygens (including phenoxy) is 1. The Hall–Kier alpha value is -1.42. The maximum absolute atomic E-state index is 12.6. The number of amides is 1. The summed E-state index contributed by atoms with van der Waals surface area (Å²) in [5, 5.41) is 0.